The maximum atomic E-state index is 8.89. The summed E-state index contributed by atoms with van der Waals surface area (Å²) >= 11 is 6.09. The second-order valence-corrected chi connectivity index (χ2v) is 4.82. The molecule has 0 spiro atoms. The van der Waals surface area contributed by atoms with E-state index in [-0.39, 0.29) is 0 Å². The molecule has 0 atom stereocenters. The molecule has 0 unspecified atom stereocenters. The fourth-order valence-corrected chi connectivity index (χ4v) is 2.07. The summed E-state index contributed by atoms with van der Waals surface area (Å²) in [5.41, 5.74) is 4.07. The molecule has 0 heterocycles. The highest BCUT2D eigenvalue weighted by molar-refractivity contribution is 6.33. The smallest absolute Gasteiger partial charge is 0.0992 e. The van der Waals surface area contributed by atoms with Gasteiger partial charge in [0.1, 0.15) is 0 Å². The third-order valence-corrected chi connectivity index (χ3v) is 3.37. The van der Waals surface area contributed by atoms with Crippen LogP contribution in [0.1, 0.15) is 22.3 Å². The first-order chi connectivity index (χ1) is 9.63. The third-order valence-electron chi connectivity index (χ3n) is 3.04. The van der Waals surface area contributed by atoms with E-state index in [0.717, 1.165) is 16.8 Å². The van der Waals surface area contributed by atoms with E-state index in [1.165, 1.54) is 0 Å². The van der Waals surface area contributed by atoms with Crippen molar-refractivity contribution < 1.29 is 0 Å². The summed E-state index contributed by atoms with van der Waals surface area (Å²) in [6.07, 6.45) is 0. The lowest BCUT2D eigenvalue weighted by Gasteiger charge is -2.11. The molecule has 2 aromatic rings. The molecule has 0 aliphatic carbocycles. The number of nitriles is 2. The first-order valence-electron chi connectivity index (χ1n) is 6.07. The van der Waals surface area contributed by atoms with Gasteiger partial charge in [0.25, 0.3) is 0 Å². The third kappa shape index (κ3) is 3.09. The van der Waals surface area contributed by atoms with Gasteiger partial charge in [-0.1, -0.05) is 17.7 Å². The molecular weight excluding hydrogens is 270 g/mol. The number of anilines is 1. The quantitative estimate of drug-likeness (QED) is 0.925. The molecule has 98 valence electrons. The number of rotatable bonds is 3. The second-order valence-electron chi connectivity index (χ2n) is 4.41. The number of aryl methyl sites for hydroxylation is 1. The molecule has 0 saturated carbocycles. The number of benzene rings is 2. The minimum Gasteiger partial charge on any atom is -0.380 e. The van der Waals surface area contributed by atoms with Gasteiger partial charge in [0.15, 0.2) is 0 Å². The number of nitrogens with zero attached hydrogens (tertiary/aromatic N) is 2. The van der Waals surface area contributed by atoms with Crippen molar-refractivity contribution in [2.45, 2.75) is 13.5 Å². The van der Waals surface area contributed by atoms with Crippen LogP contribution in [-0.4, -0.2) is 0 Å². The van der Waals surface area contributed by atoms with Gasteiger partial charge in [-0.25, -0.2) is 0 Å². The zero-order valence-electron chi connectivity index (χ0n) is 10.9. The van der Waals surface area contributed by atoms with Crippen LogP contribution in [0.15, 0.2) is 36.4 Å². The molecule has 0 saturated heterocycles. The zero-order valence-corrected chi connectivity index (χ0v) is 11.7. The summed E-state index contributed by atoms with van der Waals surface area (Å²) in [6, 6.07) is 14.9. The van der Waals surface area contributed by atoms with Crippen LogP contribution in [-0.2, 0) is 6.54 Å². The van der Waals surface area contributed by atoms with E-state index in [1.807, 2.05) is 19.1 Å². The number of nitrogens with one attached hydrogen (secondary N) is 1. The number of hydrogen-bond donors (Lipinski definition) is 1. The van der Waals surface area contributed by atoms with Gasteiger partial charge in [0.05, 0.1) is 34.0 Å². The topological polar surface area (TPSA) is 59.6 Å². The van der Waals surface area contributed by atoms with E-state index < -0.39 is 0 Å². The standard InChI is InChI=1S/C16H12ClN3/c1-11-6-12(8-18)2-4-14(11)10-20-16-7-13(9-19)3-5-15(16)17/h2-7,20H,10H2,1H3. The molecule has 0 radical (unpaired) electrons. The SMILES string of the molecule is Cc1cc(C#N)ccc1CNc1cc(C#N)ccc1Cl. The highest BCUT2D eigenvalue weighted by atomic mass is 35.5. The van der Waals surface area contributed by atoms with Gasteiger partial charge in [-0.05, 0) is 48.4 Å². The van der Waals surface area contributed by atoms with Crippen LogP contribution in [0, 0.1) is 29.6 Å². The van der Waals surface area contributed by atoms with Crippen LogP contribution >= 0.6 is 11.6 Å². The predicted octanol–water partition coefficient (Wildman–Crippen LogP) is 4.00. The largest absolute Gasteiger partial charge is 0.380 e. The van der Waals surface area contributed by atoms with E-state index in [4.69, 9.17) is 22.1 Å². The fourth-order valence-electron chi connectivity index (χ4n) is 1.88. The van der Waals surface area contributed by atoms with E-state index in [1.54, 1.807) is 24.3 Å². The molecule has 1 N–H and O–H groups in total. The summed E-state index contributed by atoms with van der Waals surface area (Å²) in [4.78, 5) is 0. The van der Waals surface area contributed by atoms with Crippen LogP contribution in [0.3, 0.4) is 0 Å². The molecule has 3 nitrogen and oxygen atoms in total. The highest BCUT2D eigenvalue weighted by Gasteiger charge is 2.04. The molecule has 0 aliphatic rings. The molecule has 2 aromatic carbocycles. The summed E-state index contributed by atoms with van der Waals surface area (Å²) in [5.74, 6) is 0. The Labute approximate surface area is 123 Å². The minimum absolute atomic E-state index is 0.563. The Morgan fingerprint density at radius 3 is 2.35 bits per heavy atom. The van der Waals surface area contributed by atoms with Crippen LogP contribution in [0.25, 0.3) is 0 Å². The van der Waals surface area contributed by atoms with Gasteiger partial charge in [-0.15, -0.1) is 0 Å². The van der Waals surface area contributed by atoms with Gasteiger partial charge >= 0.3 is 0 Å². The Morgan fingerprint density at radius 2 is 1.70 bits per heavy atom. The molecule has 0 bridgehead atoms. The van der Waals surface area contributed by atoms with Crippen molar-refractivity contribution in [2.75, 3.05) is 5.32 Å². The Balaban J connectivity index is 2.17. The normalized spacial score (nSPS) is 9.60. The Morgan fingerprint density at radius 1 is 1.05 bits per heavy atom. The van der Waals surface area contributed by atoms with Crippen molar-refractivity contribution in [3.63, 3.8) is 0 Å². The molecule has 0 aromatic heterocycles. The van der Waals surface area contributed by atoms with Crippen LogP contribution in [0.5, 0.6) is 0 Å². The van der Waals surface area contributed by atoms with E-state index in [9.17, 15) is 0 Å². The first kappa shape index (κ1) is 13.9. The van der Waals surface area contributed by atoms with E-state index in [2.05, 4.69) is 17.5 Å². The molecular formula is C16H12ClN3. The van der Waals surface area contributed by atoms with Crippen LogP contribution in [0.4, 0.5) is 5.69 Å². The molecule has 0 fully saturated rings. The lowest BCUT2D eigenvalue weighted by molar-refractivity contribution is 1.12. The zero-order chi connectivity index (χ0) is 14.5. The summed E-state index contributed by atoms with van der Waals surface area (Å²) in [7, 11) is 0. The van der Waals surface area contributed by atoms with Gasteiger partial charge in [-0.2, -0.15) is 10.5 Å². The monoisotopic (exact) mass is 281 g/mol. The van der Waals surface area contributed by atoms with E-state index >= 15 is 0 Å². The van der Waals surface area contributed by atoms with E-state index in [0.29, 0.717) is 22.7 Å². The molecule has 0 aliphatic heterocycles. The van der Waals surface area contributed by atoms with Crippen molar-refractivity contribution >= 4 is 17.3 Å². The summed E-state index contributed by atoms with van der Waals surface area (Å²) in [5, 5.41) is 21.5. The Bertz CT molecular complexity index is 723. The summed E-state index contributed by atoms with van der Waals surface area (Å²) < 4.78 is 0. The highest BCUT2D eigenvalue weighted by Crippen LogP contribution is 2.24. The number of hydrogen-bond acceptors (Lipinski definition) is 3. The van der Waals surface area contributed by atoms with Gasteiger partial charge in [0.2, 0.25) is 0 Å². The molecule has 20 heavy (non-hydrogen) atoms. The van der Waals surface area contributed by atoms with Gasteiger partial charge in [0, 0.05) is 6.54 Å². The minimum atomic E-state index is 0.563. The Kier molecular flexibility index (Phi) is 4.25. The van der Waals surface area contributed by atoms with Crippen LogP contribution < -0.4 is 5.32 Å². The lowest BCUT2D eigenvalue weighted by atomic mass is 10.1. The first-order valence-corrected chi connectivity index (χ1v) is 6.45. The van der Waals surface area contributed by atoms with Crippen molar-refractivity contribution in [1.82, 2.24) is 0 Å². The van der Waals surface area contributed by atoms with Crippen LogP contribution in [0.2, 0.25) is 5.02 Å². The Hall–Kier alpha value is -2.49. The number of halogens is 1. The van der Waals surface area contributed by atoms with Crippen molar-refractivity contribution in [3.8, 4) is 12.1 Å². The maximum absolute atomic E-state index is 8.89. The molecule has 0 amide bonds. The van der Waals surface area contributed by atoms with Crippen molar-refractivity contribution in [3.05, 3.63) is 63.7 Å². The average Bonchev–Trinajstić information content (AvgIpc) is 2.47. The lowest BCUT2D eigenvalue weighted by Crippen LogP contribution is -2.02. The molecule has 4 heteroatoms. The van der Waals surface area contributed by atoms with Gasteiger partial charge < -0.3 is 5.32 Å². The maximum Gasteiger partial charge on any atom is 0.0992 e. The fraction of sp³-hybridized carbons (Fsp3) is 0.125. The predicted molar refractivity (Wildman–Crippen MR) is 79.4 cm³/mol. The van der Waals surface area contributed by atoms with Crippen molar-refractivity contribution in [1.29, 1.82) is 10.5 Å². The summed E-state index contributed by atoms with van der Waals surface area (Å²) in [6.45, 7) is 2.55. The second kappa shape index (κ2) is 6.10. The molecule has 2 rings (SSSR count). The average molecular weight is 282 g/mol. The van der Waals surface area contributed by atoms with Crippen molar-refractivity contribution in [2.24, 2.45) is 0 Å². The van der Waals surface area contributed by atoms with Gasteiger partial charge in [-0.3, -0.25) is 0 Å².